The van der Waals surface area contributed by atoms with Crippen molar-refractivity contribution >= 4 is 23.6 Å². The van der Waals surface area contributed by atoms with Crippen molar-refractivity contribution in [3.8, 4) is 5.75 Å². The van der Waals surface area contributed by atoms with Crippen LogP contribution in [0.2, 0.25) is 0 Å². The average Bonchev–Trinajstić information content (AvgIpc) is 3.03. The maximum absolute atomic E-state index is 12.7. The maximum Gasteiger partial charge on any atom is 0.251 e. The lowest BCUT2D eigenvalue weighted by molar-refractivity contribution is -0.119. The lowest BCUT2D eigenvalue weighted by Crippen LogP contribution is -2.41. The van der Waals surface area contributed by atoms with Crippen molar-refractivity contribution in [1.82, 2.24) is 25.4 Å². The molecule has 0 aliphatic carbocycles. The summed E-state index contributed by atoms with van der Waals surface area (Å²) in [5.74, 6) is 1.41. The van der Waals surface area contributed by atoms with Gasteiger partial charge in [0.05, 0.1) is 18.9 Å². The van der Waals surface area contributed by atoms with Gasteiger partial charge in [0.2, 0.25) is 5.91 Å². The van der Waals surface area contributed by atoms with E-state index in [-0.39, 0.29) is 35.1 Å². The molecule has 30 heavy (non-hydrogen) atoms. The van der Waals surface area contributed by atoms with Gasteiger partial charge < -0.3 is 19.9 Å². The molecule has 2 rings (SSSR count). The molecule has 1 unspecified atom stereocenters. The molecule has 0 spiro atoms. The number of rotatable bonds is 8. The molecule has 0 aliphatic rings. The average molecular weight is 434 g/mol. The molecule has 1 aromatic carbocycles. The first-order valence-electron chi connectivity index (χ1n) is 9.80. The molecule has 0 saturated carbocycles. The zero-order chi connectivity index (χ0) is 22.5. The summed E-state index contributed by atoms with van der Waals surface area (Å²) in [4.78, 5) is 24.8. The summed E-state index contributed by atoms with van der Waals surface area (Å²) >= 11 is 1.32. The number of thioether (sulfide) groups is 1. The Morgan fingerprint density at radius 2 is 1.80 bits per heavy atom. The second-order valence-corrected chi connectivity index (χ2v) is 9.35. The van der Waals surface area contributed by atoms with Crippen LogP contribution >= 0.6 is 11.8 Å². The Bertz CT molecular complexity index is 872. The second kappa shape index (κ2) is 9.97. The highest BCUT2D eigenvalue weighted by Crippen LogP contribution is 2.24. The molecule has 0 fully saturated rings. The van der Waals surface area contributed by atoms with Crippen molar-refractivity contribution in [2.75, 3.05) is 12.9 Å². The van der Waals surface area contributed by atoms with Crippen LogP contribution in [0, 0.1) is 5.92 Å². The third-order valence-corrected chi connectivity index (χ3v) is 5.32. The summed E-state index contributed by atoms with van der Waals surface area (Å²) in [5, 5.41) is 15.1. The number of carbonyl (C=O) groups excluding carboxylic acids is 2. The Balaban J connectivity index is 2.10. The van der Waals surface area contributed by atoms with Crippen molar-refractivity contribution < 1.29 is 14.3 Å². The number of amides is 2. The fraction of sp³-hybridized carbons (Fsp3) is 0.524. The first-order valence-corrected chi connectivity index (χ1v) is 10.8. The number of carbonyl (C=O) groups is 2. The van der Waals surface area contributed by atoms with Gasteiger partial charge in [-0.3, -0.25) is 9.59 Å². The number of nitrogens with one attached hydrogen (secondary N) is 2. The minimum atomic E-state index is -0.324. The Labute approximate surface area is 182 Å². The van der Waals surface area contributed by atoms with Gasteiger partial charge in [-0.2, -0.15) is 0 Å². The lowest BCUT2D eigenvalue weighted by Gasteiger charge is -2.22. The monoisotopic (exact) mass is 433 g/mol. The van der Waals surface area contributed by atoms with E-state index in [9.17, 15) is 9.59 Å². The molecule has 8 nitrogen and oxygen atoms in total. The fourth-order valence-corrected chi connectivity index (χ4v) is 3.52. The van der Waals surface area contributed by atoms with Crippen LogP contribution in [-0.4, -0.2) is 45.0 Å². The molecule has 0 radical (unpaired) electrons. The summed E-state index contributed by atoms with van der Waals surface area (Å²) in [6.45, 7) is 9.84. The van der Waals surface area contributed by atoms with Crippen LogP contribution in [0.3, 0.4) is 0 Å². The van der Waals surface area contributed by atoms with Gasteiger partial charge in [0.25, 0.3) is 5.91 Å². The van der Waals surface area contributed by atoms with E-state index in [1.165, 1.54) is 11.8 Å². The van der Waals surface area contributed by atoms with Gasteiger partial charge in [0, 0.05) is 18.2 Å². The largest absolute Gasteiger partial charge is 0.497 e. The quantitative estimate of drug-likeness (QED) is 0.621. The number of benzene rings is 1. The van der Waals surface area contributed by atoms with Gasteiger partial charge in [-0.1, -0.05) is 25.6 Å². The summed E-state index contributed by atoms with van der Waals surface area (Å²) < 4.78 is 6.97. The second-order valence-electron chi connectivity index (χ2n) is 8.41. The number of hydrogen-bond acceptors (Lipinski definition) is 6. The maximum atomic E-state index is 12.7. The number of aromatic nitrogens is 3. The predicted octanol–water partition coefficient (Wildman–Crippen LogP) is 2.96. The van der Waals surface area contributed by atoms with Crippen LogP contribution < -0.4 is 15.4 Å². The Morgan fingerprint density at radius 1 is 1.17 bits per heavy atom. The Hall–Kier alpha value is -2.55. The standard InChI is InChI=1S/C21H31N5O3S/c1-13(2)17(22-19(28)14-8-10-15(29-7)11-9-14)18-24-25-20(26(18)6)30-12-16(27)23-21(3,4)5/h8-11,13,17H,12H2,1-7H3,(H,22,28)(H,23,27). The third kappa shape index (κ3) is 6.48. The molecule has 0 saturated heterocycles. The normalized spacial score (nSPS) is 12.5. The molecule has 1 aromatic heterocycles. The van der Waals surface area contributed by atoms with E-state index in [1.807, 2.05) is 46.2 Å². The summed E-state index contributed by atoms with van der Waals surface area (Å²) in [5.41, 5.74) is 0.258. The van der Waals surface area contributed by atoms with Crippen LogP contribution in [0.25, 0.3) is 0 Å². The van der Waals surface area contributed by atoms with Crippen molar-refractivity contribution in [3.05, 3.63) is 35.7 Å². The summed E-state index contributed by atoms with van der Waals surface area (Å²) in [7, 11) is 3.43. The van der Waals surface area contributed by atoms with Gasteiger partial charge in [0.15, 0.2) is 11.0 Å². The first kappa shape index (κ1) is 23.7. The van der Waals surface area contributed by atoms with Crippen molar-refractivity contribution in [1.29, 1.82) is 0 Å². The SMILES string of the molecule is COc1ccc(C(=O)NC(c2nnc(SCC(=O)NC(C)(C)C)n2C)C(C)C)cc1. The Morgan fingerprint density at radius 3 is 2.33 bits per heavy atom. The van der Waals surface area contributed by atoms with E-state index in [4.69, 9.17) is 4.74 Å². The third-order valence-electron chi connectivity index (χ3n) is 4.30. The van der Waals surface area contributed by atoms with E-state index < -0.39 is 0 Å². The van der Waals surface area contributed by atoms with Crippen LogP contribution in [0.1, 0.15) is 56.8 Å². The molecule has 2 aromatic rings. The van der Waals surface area contributed by atoms with E-state index in [1.54, 1.807) is 31.4 Å². The van der Waals surface area contributed by atoms with E-state index in [0.717, 1.165) is 0 Å². The molecular formula is C21H31N5O3S. The molecule has 1 heterocycles. The van der Waals surface area contributed by atoms with Crippen LogP contribution in [0.4, 0.5) is 0 Å². The van der Waals surface area contributed by atoms with Gasteiger partial charge in [-0.05, 0) is 51.0 Å². The van der Waals surface area contributed by atoms with E-state index in [0.29, 0.717) is 22.3 Å². The van der Waals surface area contributed by atoms with Crippen molar-refractivity contribution in [2.45, 2.75) is 51.4 Å². The number of nitrogens with zero attached hydrogens (tertiary/aromatic N) is 3. The molecule has 0 aliphatic heterocycles. The highest BCUT2D eigenvalue weighted by molar-refractivity contribution is 7.99. The zero-order valence-corrected chi connectivity index (χ0v) is 19.5. The molecule has 164 valence electrons. The fourth-order valence-electron chi connectivity index (χ4n) is 2.80. The smallest absolute Gasteiger partial charge is 0.251 e. The topological polar surface area (TPSA) is 98.1 Å². The highest BCUT2D eigenvalue weighted by Gasteiger charge is 2.25. The summed E-state index contributed by atoms with van der Waals surface area (Å²) in [6, 6.07) is 6.61. The molecular weight excluding hydrogens is 402 g/mol. The van der Waals surface area contributed by atoms with Crippen molar-refractivity contribution in [3.63, 3.8) is 0 Å². The van der Waals surface area contributed by atoms with Gasteiger partial charge in [0.1, 0.15) is 5.75 Å². The van der Waals surface area contributed by atoms with Crippen LogP contribution in [-0.2, 0) is 11.8 Å². The molecule has 9 heteroatoms. The number of ether oxygens (including phenoxy) is 1. The van der Waals surface area contributed by atoms with Gasteiger partial charge >= 0.3 is 0 Å². The molecule has 2 N–H and O–H groups in total. The number of hydrogen-bond donors (Lipinski definition) is 2. The minimum absolute atomic E-state index is 0.0646. The summed E-state index contributed by atoms with van der Waals surface area (Å²) in [6.07, 6.45) is 0. The number of methoxy groups -OCH3 is 1. The van der Waals surface area contributed by atoms with E-state index >= 15 is 0 Å². The lowest BCUT2D eigenvalue weighted by atomic mass is 10.0. The molecule has 1 atom stereocenters. The zero-order valence-electron chi connectivity index (χ0n) is 18.6. The van der Waals surface area contributed by atoms with Gasteiger partial charge in [-0.25, -0.2) is 0 Å². The minimum Gasteiger partial charge on any atom is -0.497 e. The van der Waals surface area contributed by atoms with E-state index in [2.05, 4.69) is 20.8 Å². The Kier molecular flexibility index (Phi) is 7.89. The first-order chi connectivity index (χ1) is 14.0. The molecule has 2 amide bonds. The van der Waals surface area contributed by atoms with Crippen molar-refractivity contribution in [2.24, 2.45) is 13.0 Å². The highest BCUT2D eigenvalue weighted by atomic mass is 32.2. The van der Waals surface area contributed by atoms with Crippen LogP contribution in [0.15, 0.2) is 29.4 Å². The van der Waals surface area contributed by atoms with Crippen LogP contribution in [0.5, 0.6) is 5.75 Å². The predicted molar refractivity (Wildman–Crippen MR) is 118 cm³/mol. The molecule has 0 bridgehead atoms. The van der Waals surface area contributed by atoms with Gasteiger partial charge in [-0.15, -0.1) is 10.2 Å².